The van der Waals surface area contributed by atoms with E-state index in [1.54, 1.807) is 23.9 Å². The van der Waals surface area contributed by atoms with Gasteiger partial charge >= 0.3 is 0 Å². The van der Waals surface area contributed by atoms with E-state index in [0.717, 1.165) is 29.1 Å². The Hall–Kier alpha value is -1.95. The summed E-state index contributed by atoms with van der Waals surface area (Å²) in [5.41, 5.74) is 2.24. The number of hydrogen-bond donors (Lipinski definition) is 1. The standard InChI is InChI=1S/C12H13N5S/c1-9-7-18-11-10(9)14-8-15-12(11)13-4-6-17-5-2-3-16-17/h2-3,5,7-8H,4,6H2,1H3,(H,13,14,15). The van der Waals surface area contributed by atoms with Crippen LogP contribution in [0.15, 0.2) is 30.2 Å². The van der Waals surface area contributed by atoms with Gasteiger partial charge in [-0.1, -0.05) is 0 Å². The fourth-order valence-electron chi connectivity index (χ4n) is 1.82. The molecule has 3 aromatic heterocycles. The number of aryl methyl sites for hydroxylation is 1. The van der Waals surface area contributed by atoms with Gasteiger partial charge in [0.15, 0.2) is 0 Å². The number of anilines is 1. The van der Waals surface area contributed by atoms with Crippen LogP contribution in [0.2, 0.25) is 0 Å². The highest BCUT2D eigenvalue weighted by atomic mass is 32.1. The smallest absolute Gasteiger partial charge is 0.147 e. The molecule has 0 saturated heterocycles. The van der Waals surface area contributed by atoms with Gasteiger partial charge in [0.2, 0.25) is 0 Å². The lowest BCUT2D eigenvalue weighted by molar-refractivity contribution is 0.637. The van der Waals surface area contributed by atoms with E-state index in [4.69, 9.17) is 0 Å². The van der Waals surface area contributed by atoms with Gasteiger partial charge in [0, 0.05) is 18.9 Å². The molecule has 0 aliphatic heterocycles. The molecule has 18 heavy (non-hydrogen) atoms. The Morgan fingerprint density at radius 2 is 2.33 bits per heavy atom. The van der Waals surface area contributed by atoms with Crippen LogP contribution in [0.1, 0.15) is 5.56 Å². The predicted molar refractivity (Wildman–Crippen MR) is 72.9 cm³/mol. The zero-order chi connectivity index (χ0) is 12.4. The molecular weight excluding hydrogens is 246 g/mol. The molecule has 0 aliphatic carbocycles. The number of nitrogens with zero attached hydrogens (tertiary/aromatic N) is 4. The van der Waals surface area contributed by atoms with Gasteiger partial charge in [-0.25, -0.2) is 9.97 Å². The summed E-state index contributed by atoms with van der Waals surface area (Å²) in [6.45, 7) is 3.69. The first kappa shape index (κ1) is 11.2. The second-order valence-electron chi connectivity index (χ2n) is 4.01. The molecule has 0 aliphatic rings. The Morgan fingerprint density at radius 1 is 1.39 bits per heavy atom. The van der Waals surface area contributed by atoms with Gasteiger partial charge in [-0.15, -0.1) is 11.3 Å². The third-order valence-electron chi connectivity index (χ3n) is 2.72. The van der Waals surface area contributed by atoms with E-state index in [0.29, 0.717) is 0 Å². The van der Waals surface area contributed by atoms with Crippen molar-refractivity contribution in [2.45, 2.75) is 13.5 Å². The van der Waals surface area contributed by atoms with Crippen LogP contribution in [0.25, 0.3) is 10.2 Å². The van der Waals surface area contributed by atoms with Crippen LogP contribution in [-0.2, 0) is 6.54 Å². The number of rotatable bonds is 4. The van der Waals surface area contributed by atoms with Crippen LogP contribution in [0, 0.1) is 6.92 Å². The summed E-state index contributed by atoms with van der Waals surface area (Å²) in [5.74, 6) is 0.908. The van der Waals surface area contributed by atoms with Crippen molar-refractivity contribution in [2.24, 2.45) is 0 Å². The Bertz CT molecular complexity index is 644. The molecule has 0 fully saturated rings. The maximum atomic E-state index is 4.30. The lowest BCUT2D eigenvalue weighted by Gasteiger charge is -2.06. The van der Waals surface area contributed by atoms with Gasteiger partial charge in [-0.05, 0) is 23.9 Å². The van der Waals surface area contributed by atoms with E-state index >= 15 is 0 Å². The van der Waals surface area contributed by atoms with Crippen molar-refractivity contribution in [3.63, 3.8) is 0 Å². The van der Waals surface area contributed by atoms with E-state index < -0.39 is 0 Å². The zero-order valence-electron chi connectivity index (χ0n) is 10.00. The van der Waals surface area contributed by atoms with Gasteiger partial charge in [-0.2, -0.15) is 5.10 Å². The monoisotopic (exact) mass is 259 g/mol. The average molecular weight is 259 g/mol. The predicted octanol–water partition coefficient (Wildman–Crippen LogP) is 2.31. The van der Waals surface area contributed by atoms with Crippen molar-refractivity contribution in [3.8, 4) is 0 Å². The topological polar surface area (TPSA) is 55.6 Å². The maximum Gasteiger partial charge on any atom is 0.147 e. The lowest BCUT2D eigenvalue weighted by Crippen LogP contribution is -2.11. The van der Waals surface area contributed by atoms with Crippen LogP contribution < -0.4 is 5.32 Å². The first-order chi connectivity index (χ1) is 8.84. The molecule has 0 unspecified atom stereocenters. The van der Waals surface area contributed by atoms with Crippen molar-refractivity contribution < 1.29 is 0 Å². The van der Waals surface area contributed by atoms with E-state index in [2.05, 4.69) is 32.7 Å². The molecule has 3 rings (SSSR count). The quantitative estimate of drug-likeness (QED) is 0.781. The highest BCUT2D eigenvalue weighted by molar-refractivity contribution is 7.18. The number of aromatic nitrogens is 4. The molecular formula is C12H13N5S. The van der Waals surface area contributed by atoms with Gasteiger partial charge in [0.1, 0.15) is 12.1 Å². The second-order valence-corrected chi connectivity index (χ2v) is 4.89. The van der Waals surface area contributed by atoms with Gasteiger partial charge < -0.3 is 5.32 Å². The number of thiophene rings is 1. The number of fused-ring (bicyclic) bond motifs is 1. The Kier molecular flexibility index (Phi) is 2.93. The van der Waals surface area contributed by atoms with E-state index in [-0.39, 0.29) is 0 Å². The Morgan fingerprint density at radius 3 is 3.17 bits per heavy atom. The summed E-state index contributed by atoms with van der Waals surface area (Å²) in [6.07, 6.45) is 5.34. The molecule has 0 aromatic carbocycles. The second kappa shape index (κ2) is 4.73. The number of nitrogens with one attached hydrogen (secondary N) is 1. The molecule has 5 nitrogen and oxygen atoms in total. The minimum absolute atomic E-state index is 0.796. The molecule has 1 N–H and O–H groups in total. The molecule has 3 aromatic rings. The van der Waals surface area contributed by atoms with Crippen molar-refractivity contribution >= 4 is 27.4 Å². The summed E-state index contributed by atoms with van der Waals surface area (Å²) in [5, 5.41) is 9.61. The third kappa shape index (κ3) is 2.06. The normalized spacial score (nSPS) is 10.9. The Labute approximate surface area is 109 Å². The summed E-state index contributed by atoms with van der Waals surface area (Å²) >= 11 is 1.68. The third-order valence-corrected chi connectivity index (χ3v) is 3.82. The van der Waals surface area contributed by atoms with Crippen molar-refractivity contribution in [1.82, 2.24) is 19.7 Å². The van der Waals surface area contributed by atoms with Gasteiger partial charge in [-0.3, -0.25) is 4.68 Å². The summed E-state index contributed by atoms with van der Waals surface area (Å²) < 4.78 is 3.01. The minimum Gasteiger partial charge on any atom is -0.367 e. The molecule has 0 radical (unpaired) electrons. The minimum atomic E-state index is 0.796. The maximum absolute atomic E-state index is 4.30. The SMILES string of the molecule is Cc1csc2c(NCCn3cccn3)ncnc12. The first-order valence-corrected chi connectivity index (χ1v) is 6.62. The molecule has 92 valence electrons. The van der Waals surface area contributed by atoms with Crippen LogP contribution in [0.3, 0.4) is 0 Å². The molecule has 0 atom stereocenters. The fourth-order valence-corrected chi connectivity index (χ4v) is 2.78. The Balaban J connectivity index is 1.74. The summed E-state index contributed by atoms with van der Waals surface area (Å²) in [7, 11) is 0. The number of hydrogen-bond acceptors (Lipinski definition) is 5. The van der Waals surface area contributed by atoms with Crippen LogP contribution in [0.4, 0.5) is 5.82 Å². The molecule has 0 saturated carbocycles. The molecule has 0 amide bonds. The molecule has 0 spiro atoms. The summed E-state index contributed by atoms with van der Waals surface area (Å²) in [6, 6.07) is 1.92. The van der Waals surface area contributed by atoms with E-state index in [1.165, 1.54) is 5.56 Å². The van der Waals surface area contributed by atoms with Gasteiger partial charge in [0.05, 0.1) is 16.8 Å². The van der Waals surface area contributed by atoms with E-state index in [1.807, 2.05) is 16.9 Å². The highest BCUT2D eigenvalue weighted by Gasteiger charge is 2.07. The van der Waals surface area contributed by atoms with Crippen molar-refractivity contribution in [3.05, 3.63) is 35.7 Å². The van der Waals surface area contributed by atoms with Crippen molar-refractivity contribution in [2.75, 3.05) is 11.9 Å². The lowest BCUT2D eigenvalue weighted by atomic mass is 10.3. The van der Waals surface area contributed by atoms with E-state index in [9.17, 15) is 0 Å². The molecule has 6 heteroatoms. The van der Waals surface area contributed by atoms with Crippen LogP contribution >= 0.6 is 11.3 Å². The van der Waals surface area contributed by atoms with Crippen LogP contribution in [-0.4, -0.2) is 26.3 Å². The fraction of sp³-hybridized carbons (Fsp3) is 0.250. The van der Waals surface area contributed by atoms with Crippen LogP contribution in [0.5, 0.6) is 0 Å². The molecule has 3 heterocycles. The molecule has 0 bridgehead atoms. The van der Waals surface area contributed by atoms with Gasteiger partial charge in [0.25, 0.3) is 0 Å². The summed E-state index contributed by atoms with van der Waals surface area (Å²) in [4.78, 5) is 8.60. The van der Waals surface area contributed by atoms with Crippen molar-refractivity contribution in [1.29, 1.82) is 0 Å². The largest absolute Gasteiger partial charge is 0.367 e. The first-order valence-electron chi connectivity index (χ1n) is 5.74. The highest BCUT2D eigenvalue weighted by Crippen LogP contribution is 2.28. The average Bonchev–Trinajstić information content (AvgIpc) is 3.01. The zero-order valence-corrected chi connectivity index (χ0v) is 10.8.